The molecule has 1 aliphatic heterocycles. The van der Waals surface area contributed by atoms with Gasteiger partial charge in [0, 0.05) is 43.8 Å². The molecule has 2 aromatic carbocycles. The zero-order valence-corrected chi connectivity index (χ0v) is 19.1. The summed E-state index contributed by atoms with van der Waals surface area (Å²) in [6.45, 7) is 2.93. The monoisotopic (exact) mass is 457 g/mol. The molecule has 0 atom stereocenters. The Morgan fingerprint density at radius 3 is 2.48 bits per heavy atom. The van der Waals surface area contributed by atoms with Crippen molar-refractivity contribution in [2.75, 3.05) is 43.9 Å². The van der Waals surface area contributed by atoms with E-state index in [1.54, 1.807) is 7.11 Å². The summed E-state index contributed by atoms with van der Waals surface area (Å²) < 4.78 is 7.37. The molecule has 1 aliphatic rings. The van der Waals surface area contributed by atoms with Crippen LogP contribution in [0.4, 0.5) is 5.69 Å². The van der Waals surface area contributed by atoms with E-state index in [0.29, 0.717) is 29.0 Å². The summed E-state index contributed by atoms with van der Waals surface area (Å²) in [6, 6.07) is 15.5. The van der Waals surface area contributed by atoms with Crippen molar-refractivity contribution in [1.29, 1.82) is 0 Å². The van der Waals surface area contributed by atoms with E-state index < -0.39 is 0 Å². The van der Waals surface area contributed by atoms with Crippen molar-refractivity contribution in [2.24, 2.45) is 7.05 Å². The van der Waals surface area contributed by atoms with Gasteiger partial charge in [0.2, 0.25) is 5.91 Å². The van der Waals surface area contributed by atoms with E-state index in [-0.39, 0.29) is 5.91 Å². The number of hydrogen-bond acceptors (Lipinski definition) is 6. The van der Waals surface area contributed by atoms with Crippen LogP contribution in [0.15, 0.2) is 53.7 Å². The molecule has 0 N–H and O–H groups in total. The summed E-state index contributed by atoms with van der Waals surface area (Å²) in [7, 11) is 3.59. The molecule has 2 heterocycles. The van der Waals surface area contributed by atoms with Crippen LogP contribution < -0.4 is 9.64 Å². The number of amides is 1. The van der Waals surface area contributed by atoms with Crippen LogP contribution in [0.1, 0.15) is 0 Å². The Hall–Kier alpha value is -2.71. The third-order valence-corrected chi connectivity index (χ3v) is 6.58. The minimum atomic E-state index is 0.112. The standard InChI is InChI=1S/C22H24ClN5O2S/c1-26-21(16-7-9-17(23)10-8-16)24-25-22(26)31-15-20(29)28-13-11-27(12-14-28)18-5-3-4-6-19(18)30-2/h3-10H,11-15H2,1-2H3. The predicted molar refractivity (Wildman–Crippen MR) is 124 cm³/mol. The number of carbonyl (C=O) groups is 1. The van der Waals surface area contributed by atoms with E-state index in [9.17, 15) is 4.79 Å². The maximum atomic E-state index is 12.8. The van der Waals surface area contributed by atoms with Crippen LogP contribution in [0.25, 0.3) is 11.4 Å². The van der Waals surface area contributed by atoms with Crippen LogP contribution >= 0.6 is 23.4 Å². The number of nitrogens with zero attached hydrogens (tertiary/aromatic N) is 5. The second kappa shape index (κ2) is 9.62. The molecule has 0 bridgehead atoms. The van der Waals surface area contributed by atoms with Crippen molar-refractivity contribution in [1.82, 2.24) is 19.7 Å². The molecule has 3 aromatic rings. The van der Waals surface area contributed by atoms with Gasteiger partial charge in [0.05, 0.1) is 18.6 Å². The molecular weight excluding hydrogens is 434 g/mol. The Morgan fingerprint density at radius 2 is 1.77 bits per heavy atom. The van der Waals surface area contributed by atoms with E-state index in [1.807, 2.05) is 59.0 Å². The number of carbonyl (C=O) groups excluding carboxylic acids is 1. The number of para-hydroxylation sites is 2. The summed E-state index contributed by atoms with van der Waals surface area (Å²) >= 11 is 7.37. The number of aromatic nitrogens is 3. The first kappa shape index (κ1) is 21.5. The minimum Gasteiger partial charge on any atom is -0.495 e. The molecule has 0 unspecified atom stereocenters. The summed E-state index contributed by atoms with van der Waals surface area (Å²) in [6.07, 6.45) is 0. The van der Waals surface area contributed by atoms with Gasteiger partial charge in [0.25, 0.3) is 0 Å². The highest BCUT2D eigenvalue weighted by Gasteiger charge is 2.23. The molecule has 7 nitrogen and oxygen atoms in total. The van der Waals surface area contributed by atoms with Crippen molar-refractivity contribution in [3.05, 3.63) is 53.6 Å². The molecule has 1 aromatic heterocycles. The third kappa shape index (κ3) is 4.80. The third-order valence-electron chi connectivity index (χ3n) is 5.32. The minimum absolute atomic E-state index is 0.112. The highest BCUT2D eigenvalue weighted by atomic mass is 35.5. The summed E-state index contributed by atoms with van der Waals surface area (Å²) in [4.78, 5) is 16.9. The fourth-order valence-corrected chi connectivity index (χ4v) is 4.54. The van der Waals surface area contributed by atoms with Crippen molar-refractivity contribution in [3.8, 4) is 17.1 Å². The fourth-order valence-electron chi connectivity index (χ4n) is 3.60. The molecule has 4 rings (SSSR count). The number of anilines is 1. The van der Waals surface area contributed by atoms with E-state index in [0.717, 1.165) is 35.9 Å². The zero-order valence-electron chi connectivity index (χ0n) is 17.5. The molecule has 1 saturated heterocycles. The second-order valence-corrected chi connectivity index (χ2v) is 8.58. The number of piperazine rings is 1. The van der Waals surface area contributed by atoms with E-state index in [4.69, 9.17) is 16.3 Å². The number of benzene rings is 2. The van der Waals surface area contributed by atoms with Crippen molar-refractivity contribution >= 4 is 35.0 Å². The molecule has 1 fully saturated rings. The van der Waals surface area contributed by atoms with Gasteiger partial charge in [-0.25, -0.2) is 0 Å². The largest absolute Gasteiger partial charge is 0.495 e. The van der Waals surface area contributed by atoms with Gasteiger partial charge in [-0.3, -0.25) is 4.79 Å². The number of hydrogen-bond donors (Lipinski definition) is 0. The number of halogens is 1. The Bertz CT molecular complexity index is 1050. The van der Waals surface area contributed by atoms with Gasteiger partial charge in [-0.1, -0.05) is 35.5 Å². The molecule has 0 saturated carbocycles. The Kier molecular flexibility index (Phi) is 6.67. The fraction of sp³-hybridized carbons (Fsp3) is 0.318. The normalized spacial score (nSPS) is 14.0. The summed E-state index contributed by atoms with van der Waals surface area (Å²) in [5.41, 5.74) is 2.00. The zero-order chi connectivity index (χ0) is 21.8. The Balaban J connectivity index is 1.32. The lowest BCUT2D eigenvalue weighted by Crippen LogP contribution is -2.49. The van der Waals surface area contributed by atoms with Crippen LogP contribution in [0.3, 0.4) is 0 Å². The highest BCUT2D eigenvalue weighted by molar-refractivity contribution is 7.99. The number of thioether (sulfide) groups is 1. The first-order valence-corrected chi connectivity index (χ1v) is 11.4. The van der Waals surface area contributed by atoms with Gasteiger partial charge in [0.1, 0.15) is 5.75 Å². The molecule has 1 amide bonds. The average molecular weight is 458 g/mol. The van der Waals surface area contributed by atoms with E-state index in [2.05, 4.69) is 21.2 Å². The van der Waals surface area contributed by atoms with Gasteiger partial charge in [-0.2, -0.15) is 0 Å². The van der Waals surface area contributed by atoms with Crippen LogP contribution in [0, 0.1) is 0 Å². The molecule has 162 valence electrons. The van der Waals surface area contributed by atoms with E-state index >= 15 is 0 Å². The maximum Gasteiger partial charge on any atom is 0.233 e. The van der Waals surface area contributed by atoms with Crippen LogP contribution in [0.2, 0.25) is 5.02 Å². The average Bonchev–Trinajstić information content (AvgIpc) is 3.18. The molecule has 31 heavy (non-hydrogen) atoms. The lowest BCUT2D eigenvalue weighted by Gasteiger charge is -2.36. The molecule has 0 aliphatic carbocycles. The van der Waals surface area contributed by atoms with Gasteiger partial charge in [-0.05, 0) is 36.4 Å². The van der Waals surface area contributed by atoms with Gasteiger partial charge in [-0.15, -0.1) is 10.2 Å². The highest BCUT2D eigenvalue weighted by Crippen LogP contribution is 2.29. The Labute approximate surface area is 191 Å². The first-order chi connectivity index (χ1) is 15.1. The molecular formula is C22H24ClN5O2S. The number of methoxy groups -OCH3 is 1. The molecule has 9 heteroatoms. The van der Waals surface area contributed by atoms with Gasteiger partial charge in [0.15, 0.2) is 11.0 Å². The lowest BCUT2D eigenvalue weighted by molar-refractivity contribution is -0.128. The Morgan fingerprint density at radius 1 is 1.06 bits per heavy atom. The molecule has 0 radical (unpaired) electrons. The van der Waals surface area contributed by atoms with Crippen molar-refractivity contribution in [3.63, 3.8) is 0 Å². The lowest BCUT2D eigenvalue weighted by atomic mass is 10.2. The quantitative estimate of drug-likeness (QED) is 0.527. The van der Waals surface area contributed by atoms with Gasteiger partial charge < -0.3 is 19.1 Å². The van der Waals surface area contributed by atoms with Crippen LogP contribution in [0.5, 0.6) is 5.75 Å². The second-order valence-electron chi connectivity index (χ2n) is 7.20. The SMILES string of the molecule is COc1ccccc1N1CCN(C(=O)CSc2nnc(-c3ccc(Cl)cc3)n2C)CC1. The summed E-state index contributed by atoms with van der Waals surface area (Å²) in [5, 5.41) is 9.92. The number of ether oxygens (including phenoxy) is 1. The first-order valence-electron chi connectivity index (χ1n) is 10.0. The van der Waals surface area contributed by atoms with Gasteiger partial charge >= 0.3 is 0 Å². The smallest absolute Gasteiger partial charge is 0.233 e. The topological polar surface area (TPSA) is 63.5 Å². The number of rotatable bonds is 6. The predicted octanol–water partition coefficient (Wildman–Crippen LogP) is 3.59. The van der Waals surface area contributed by atoms with Crippen molar-refractivity contribution < 1.29 is 9.53 Å². The maximum absolute atomic E-state index is 12.8. The van der Waals surface area contributed by atoms with Crippen LogP contribution in [-0.4, -0.2) is 64.6 Å². The summed E-state index contributed by atoms with van der Waals surface area (Å²) in [5.74, 6) is 2.05. The van der Waals surface area contributed by atoms with E-state index in [1.165, 1.54) is 11.8 Å². The van der Waals surface area contributed by atoms with Crippen molar-refractivity contribution in [2.45, 2.75) is 5.16 Å². The van der Waals surface area contributed by atoms with Crippen LogP contribution in [-0.2, 0) is 11.8 Å². The molecule has 0 spiro atoms.